The highest BCUT2D eigenvalue weighted by Crippen LogP contribution is 2.21. The topological polar surface area (TPSA) is 92.8 Å². The Bertz CT molecular complexity index is 766. The third kappa shape index (κ3) is 4.93. The van der Waals surface area contributed by atoms with Crippen LogP contribution in [0.5, 0.6) is 0 Å². The Morgan fingerprint density at radius 1 is 1.40 bits per heavy atom. The molecule has 1 heterocycles. The Labute approximate surface area is 152 Å². The summed E-state index contributed by atoms with van der Waals surface area (Å²) in [5.41, 5.74) is -0.0993. The van der Waals surface area contributed by atoms with E-state index >= 15 is 0 Å². The molecule has 0 bridgehead atoms. The minimum absolute atomic E-state index is 0.0547. The molecule has 138 valence electrons. The van der Waals surface area contributed by atoms with Crippen LogP contribution in [0.15, 0.2) is 23.1 Å². The predicted octanol–water partition coefficient (Wildman–Crippen LogP) is 1.66. The monoisotopic (exact) mass is 388 g/mol. The molecule has 9 heteroatoms. The van der Waals surface area contributed by atoms with Gasteiger partial charge in [-0.05, 0) is 44.0 Å². The van der Waals surface area contributed by atoms with Gasteiger partial charge in [-0.3, -0.25) is 4.79 Å². The molecular weight excluding hydrogens is 368 g/mol. The van der Waals surface area contributed by atoms with Gasteiger partial charge in [0.1, 0.15) is 0 Å². The zero-order valence-corrected chi connectivity index (χ0v) is 15.7. The van der Waals surface area contributed by atoms with Crippen LogP contribution in [0.25, 0.3) is 0 Å². The van der Waals surface area contributed by atoms with Crippen molar-refractivity contribution in [2.75, 3.05) is 26.7 Å². The van der Waals surface area contributed by atoms with Crippen LogP contribution in [0.1, 0.15) is 30.1 Å². The quantitative estimate of drug-likeness (QED) is 0.774. The van der Waals surface area contributed by atoms with Crippen molar-refractivity contribution in [1.29, 1.82) is 0 Å². The third-order valence-corrected chi connectivity index (χ3v) is 5.81. The van der Waals surface area contributed by atoms with Gasteiger partial charge in [-0.15, -0.1) is 0 Å². The summed E-state index contributed by atoms with van der Waals surface area (Å²) in [6, 6.07) is 3.71. The van der Waals surface area contributed by atoms with Crippen LogP contribution in [0, 0.1) is 5.92 Å². The fraction of sp³-hybridized carbons (Fsp3) is 0.500. The number of ether oxygens (including phenoxy) is 1. The molecule has 1 atom stereocenters. The van der Waals surface area contributed by atoms with E-state index in [4.69, 9.17) is 16.3 Å². The SMILES string of the molecule is CNS(=O)(=O)c1ccc(Cl)c(C(=O)OCC(=O)N2CCC[C@@H](C)C2)c1. The number of likely N-dealkylation sites (tertiary alicyclic amines) is 1. The molecule has 7 nitrogen and oxygen atoms in total. The number of carbonyl (C=O) groups is 2. The van der Waals surface area contributed by atoms with Gasteiger partial charge < -0.3 is 9.64 Å². The molecule has 1 fully saturated rings. The zero-order valence-electron chi connectivity index (χ0n) is 14.1. The van der Waals surface area contributed by atoms with Crippen LogP contribution in [-0.2, 0) is 19.6 Å². The number of carbonyl (C=O) groups excluding carboxylic acids is 2. The van der Waals surface area contributed by atoms with Crippen molar-refractivity contribution >= 4 is 33.5 Å². The number of esters is 1. The summed E-state index contributed by atoms with van der Waals surface area (Å²) in [7, 11) is -2.45. The average Bonchev–Trinajstić information content (AvgIpc) is 2.59. The molecule has 1 aromatic carbocycles. The van der Waals surface area contributed by atoms with Crippen LogP contribution in [0.3, 0.4) is 0 Å². The molecular formula is C16H21ClN2O5S. The maximum atomic E-state index is 12.2. The Morgan fingerprint density at radius 3 is 2.76 bits per heavy atom. The maximum absolute atomic E-state index is 12.2. The normalized spacial score (nSPS) is 18.0. The number of piperidine rings is 1. The van der Waals surface area contributed by atoms with Gasteiger partial charge in [0.2, 0.25) is 10.0 Å². The minimum atomic E-state index is -3.72. The number of hydrogen-bond donors (Lipinski definition) is 1. The predicted molar refractivity (Wildman–Crippen MR) is 93.0 cm³/mol. The lowest BCUT2D eigenvalue weighted by atomic mass is 10.0. The second kappa shape index (κ2) is 8.16. The van der Waals surface area contributed by atoms with Crippen molar-refractivity contribution in [2.45, 2.75) is 24.7 Å². The van der Waals surface area contributed by atoms with Crippen molar-refractivity contribution in [2.24, 2.45) is 5.92 Å². The van der Waals surface area contributed by atoms with Gasteiger partial charge >= 0.3 is 5.97 Å². The van der Waals surface area contributed by atoms with E-state index in [0.717, 1.165) is 18.9 Å². The molecule has 0 radical (unpaired) electrons. The first-order valence-electron chi connectivity index (χ1n) is 7.92. The second-order valence-electron chi connectivity index (χ2n) is 6.01. The second-order valence-corrected chi connectivity index (χ2v) is 8.31. The molecule has 1 aromatic rings. The largest absolute Gasteiger partial charge is 0.452 e. The molecule has 25 heavy (non-hydrogen) atoms. The highest BCUT2D eigenvalue weighted by Gasteiger charge is 2.23. The molecule has 0 aliphatic carbocycles. The van der Waals surface area contributed by atoms with Gasteiger partial charge in [0.25, 0.3) is 5.91 Å². The minimum Gasteiger partial charge on any atom is -0.452 e. The van der Waals surface area contributed by atoms with Crippen molar-refractivity contribution in [3.05, 3.63) is 28.8 Å². The highest BCUT2D eigenvalue weighted by molar-refractivity contribution is 7.89. The number of benzene rings is 1. The number of amides is 1. The zero-order chi connectivity index (χ0) is 18.6. The lowest BCUT2D eigenvalue weighted by molar-refractivity contribution is -0.136. The summed E-state index contributed by atoms with van der Waals surface area (Å²) in [4.78, 5) is 25.9. The van der Waals surface area contributed by atoms with Gasteiger partial charge in [0, 0.05) is 13.1 Å². The van der Waals surface area contributed by atoms with Crippen LogP contribution in [-0.4, -0.2) is 51.9 Å². The number of hydrogen-bond acceptors (Lipinski definition) is 5. The Hall–Kier alpha value is -1.64. The van der Waals surface area contributed by atoms with Crippen LogP contribution >= 0.6 is 11.6 Å². The third-order valence-electron chi connectivity index (χ3n) is 4.07. The standard InChI is InChI=1S/C16H21ClN2O5S/c1-11-4-3-7-19(9-11)15(20)10-24-16(21)13-8-12(5-6-14(13)17)25(22,23)18-2/h5-6,8,11,18H,3-4,7,9-10H2,1-2H3/t11-/m1/s1. The van der Waals surface area contributed by atoms with Crippen LogP contribution in [0.2, 0.25) is 5.02 Å². The van der Waals surface area contributed by atoms with Crippen molar-refractivity contribution in [3.8, 4) is 0 Å². The number of rotatable bonds is 5. The van der Waals surface area contributed by atoms with Gasteiger partial charge in [0.05, 0.1) is 15.5 Å². The molecule has 0 saturated carbocycles. The average molecular weight is 389 g/mol. The van der Waals surface area contributed by atoms with E-state index in [-0.39, 0.29) is 21.4 Å². The van der Waals surface area contributed by atoms with Crippen molar-refractivity contribution in [1.82, 2.24) is 9.62 Å². The van der Waals surface area contributed by atoms with E-state index < -0.39 is 22.6 Å². The maximum Gasteiger partial charge on any atom is 0.340 e. The molecule has 2 rings (SSSR count). The molecule has 1 aliphatic heterocycles. The first-order chi connectivity index (χ1) is 11.7. The smallest absolute Gasteiger partial charge is 0.340 e. The molecule has 0 spiro atoms. The number of nitrogens with one attached hydrogen (secondary N) is 1. The van der Waals surface area contributed by atoms with E-state index in [1.807, 2.05) is 0 Å². The fourth-order valence-electron chi connectivity index (χ4n) is 2.66. The molecule has 0 unspecified atom stereocenters. The van der Waals surface area contributed by atoms with E-state index in [2.05, 4.69) is 11.6 Å². The molecule has 1 amide bonds. The van der Waals surface area contributed by atoms with E-state index in [9.17, 15) is 18.0 Å². The number of nitrogens with zero attached hydrogens (tertiary/aromatic N) is 1. The molecule has 1 saturated heterocycles. The van der Waals surface area contributed by atoms with E-state index in [1.54, 1.807) is 4.90 Å². The molecule has 1 N–H and O–H groups in total. The summed E-state index contributed by atoms with van der Waals surface area (Å²) < 4.78 is 30.8. The summed E-state index contributed by atoms with van der Waals surface area (Å²) in [6.07, 6.45) is 2.00. The van der Waals surface area contributed by atoms with Gasteiger partial charge in [-0.25, -0.2) is 17.9 Å². The Kier molecular flexibility index (Phi) is 6.42. The van der Waals surface area contributed by atoms with Gasteiger partial charge in [-0.2, -0.15) is 0 Å². The van der Waals surface area contributed by atoms with Crippen LogP contribution < -0.4 is 4.72 Å². The summed E-state index contributed by atoms with van der Waals surface area (Å²) >= 11 is 5.96. The Balaban J connectivity index is 2.05. The first kappa shape index (κ1) is 19.7. The van der Waals surface area contributed by atoms with E-state index in [1.165, 1.54) is 19.2 Å². The first-order valence-corrected chi connectivity index (χ1v) is 9.78. The summed E-state index contributed by atoms with van der Waals surface area (Å²) in [6.45, 7) is 2.97. The fourth-order valence-corrected chi connectivity index (χ4v) is 3.61. The lowest BCUT2D eigenvalue weighted by Gasteiger charge is -2.30. The van der Waals surface area contributed by atoms with Crippen molar-refractivity contribution in [3.63, 3.8) is 0 Å². The highest BCUT2D eigenvalue weighted by atomic mass is 35.5. The van der Waals surface area contributed by atoms with Gasteiger partial charge in [0.15, 0.2) is 6.61 Å². The Morgan fingerprint density at radius 2 is 2.12 bits per heavy atom. The number of sulfonamides is 1. The lowest BCUT2D eigenvalue weighted by Crippen LogP contribution is -2.41. The molecule has 1 aliphatic rings. The van der Waals surface area contributed by atoms with Gasteiger partial charge in [-0.1, -0.05) is 18.5 Å². The number of halogens is 1. The van der Waals surface area contributed by atoms with Crippen LogP contribution in [0.4, 0.5) is 0 Å². The van der Waals surface area contributed by atoms with Crippen molar-refractivity contribution < 1.29 is 22.7 Å². The molecule has 0 aromatic heterocycles. The summed E-state index contributed by atoms with van der Waals surface area (Å²) in [5, 5.41) is 0.0547. The summed E-state index contributed by atoms with van der Waals surface area (Å²) in [5.74, 6) is -0.683. The van der Waals surface area contributed by atoms with E-state index in [0.29, 0.717) is 19.0 Å².